The third-order valence-corrected chi connectivity index (χ3v) is 17.7. The molecule has 3 aliphatic heterocycles. The summed E-state index contributed by atoms with van der Waals surface area (Å²) in [5, 5.41) is 12.9. The van der Waals surface area contributed by atoms with Gasteiger partial charge in [-0.25, -0.2) is 0 Å². The lowest BCUT2D eigenvalue weighted by molar-refractivity contribution is -0.398. The fraction of sp³-hybridized carbons (Fsp3) is 0.333. The summed E-state index contributed by atoms with van der Waals surface area (Å²) in [6.07, 6.45) is -14.6. The summed E-state index contributed by atoms with van der Waals surface area (Å²) < 4.78 is 107. The molecule has 12 rings (SSSR count). The van der Waals surface area contributed by atoms with Crippen LogP contribution in [-0.4, -0.2) is 124 Å². The number of rotatable bonds is 37. The van der Waals surface area contributed by atoms with Crippen molar-refractivity contribution < 1.29 is 76.2 Å². The van der Waals surface area contributed by atoms with E-state index in [2.05, 4.69) is 6.58 Å². The Bertz CT molecular complexity index is 3690. The first-order valence-corrected chi connectivity index (χ1v) is 34.4. The van der Waals surface area contributed by atoms with Crippen molar-refractivity contribution in [3.63, 3.8) is 0 Å². The number of hydrogen-bond donors (Lipinski definition) is 1. The van der Waals surface area contributed by atoms with E-state index in [0.717, 1.165) is 50.1 Å². The van der Waals surface area contributed by atoms with Gasteiger partial charge in [-0.05, 0) is 50.1 Å². The average Bonchev–Trinajstić information content (AvgIpc) is 0.764. The zero-order valence-corrected chi connectivity index (χ0v) is 56.2. The van der Waals surface area contributed by atoms with Gasteiger partial charge in [0, 0.05) is 0 Å². The second-order valence-electron chi connectivity index (χ2n) is 25.0. The minimum Gasteiger partial charge on any atom is -0.374 e. The van der Waals surface area contributed by atoms with Crippen molar-refractivity contribution in [3.05, 3.63) is 336 Å². The molecule has 16 nitrogen and oxygen atoms in total. The molecule has 3 saturated heterocycles. The molecule has 15 atom stereocenters. The molecule has 0 saturated carbocycles. The largest absolute Gasteiger partial charge is 0.374 e. The summed E-state index contributed by atoms with van der Waals surface area (Å²) in [4.78, 5) is 0. The standard InChI is InChI=1S/C84H90O16/c1-2-48-89-77-74(91-53-65-38-20-7-21-39-65)71(59-87-50-62-32-14-4-15-33-62)97-83(80(77)94-56-68-44-26-10-27-45-68)99-78-75(92-54-66-40-22-8-23-41-66)72(60-88-51-63-34-16-5-17-35-63)98-84(81(78)95-57-69-46-28-11-29-47-69)100-79-76(93-55-67-42-24-9-25-43-67)73(90-52-64-36-18-6-19-37-64)70(96-82(79)85)58-86-49-61-30-12-3-13-31-61/h2-47,70-85H,1,48-60H2/t70-,71-,72-,73-,74-,75-,76+,77+,78+,79+,80+,81+,82+,83-,84-/m1/s1. The number of aliphatic hydroxyl groups is 1. The van der Waals surface area contributed by atoms with Crippen molar-refractivity contribution in [2.45, 2.75) is 152 Å². The number of benzene rings is 9. The van der Waals surface area contributed by atoms with Crippen LogP contribution in [0.5, 0.6) is 0 Å². The zero-order valence-electron chi connectivity index (χ0n) is 56.2. The maximum absolute atomic E-state index is 12.9. The van der Waals surface area contributed by atoms with Gasteiger partial charge in [0.25, 0.3) is 0 Å². The predicted molar refractivity (Wildman–Crippen MR) is 376 cm³/mol. The van der Waals surface area contributed by atoms with Gasteiger partial charge in [-0.3, -0.25) is 0 Å². The molecule has 1 N–H and O–H groups in total. The van der Waals surface area contributed by atoms with Crippen LogP contribution in [0.25, 0.3) is 0 Å². The van der Waals surface area contributed by atoms with Gasteiger partial charge in [0.15, 0.2) is 18.9 Å². The van der Waals surface area contributed by atoms with Gasteiger partial charge < -0.3 is 76.2 Å². The lowest BCUT2D eigenvalue weighted by atomic mass is 9.95. The molecule has 9 aromatic rings. The van der Waals surface area contributed by atoms with Gasteiger partial charge in [0.1, 0.15) is 73.2 Å². The molecule has 3 fully saturated rings. The fourth-order valence-corrected chi connectivity index (χ4v) is 12.6. The van der Waals surface area contributed by atoms with Crippen LogP contribution < -0.4 is 0 Å². The van der Waals surface area contributed by atoms with Crippen molar-refractivity contribution in [2.24, 2.45) is 0 Å². The molecule has 3 heterocycles. The Morgan fingerprint density at radius 2 is 0.490 bits per heavy atom. The van der Waals surface area contributed by atoms with Crippen molar-refractivity contribution in [1.29, 1.82) is 0 Å². The molecule has 0 aromatic heterocycles. The molecule has 100 heavy (non-hydrogen) atoms. The monoisotopic (exact) mass is 1350 g/mol. The SMILES string of the molecule is C=CCO[C@@H]1[C@H](OCc2ccccc2)[C@@H](O[C@@H]2[C@H](OCc3ccccc3)[C@@H](O[C@H]3[C@@H](OCc4ccccc4)[C@H](OCc4ccccc4)[C@@H](COCc4ccccc4)O[C@@H]3O)O[C@H](COCc3ccccc3)[C@H]2OCc2ccccc2)O[C@H](COCc2ccccc2)[C@H]1OCc1ccccc1. The number of hydrogen-bond acceptors (Lipinski definition) is 16. The van der Waals surface area contributed by atoms with Gasteiger partial charge in [0.05, 0.1) is 85.9 Å². The molecular weight excluding hydrogens is 1260 g/mol. The zero-order chi connectivity index (χ0) is 68.2. The van der Waals surface area contributed by atoms with Crippen LogP contribution in [-0.2, 0) is 131 Å². The lowest BCUT2D eigenvalue weighted by Crippen LogP contribution is -2.68. The van der Waals surface area contributed by atoms with Crippen molar-refractivity contribution >= 4 is 0 Å². The fourth-order valence-electron chi connectivity index (χ4n) is 12.6. The highest BCUT2D eigenvalue weighted by molar-refractivity contribution is 5.21. The highest BCUT2D eigenvalue weighted by atomic mass is 16.8. The number of aliphatic hydroxyl groups excluding tert-OH is 1. The molecule has 16 heteroatoms. The van der Waals surface area contributed by atoms with Crippen molar-refractivity contribution in [2.75, 3.05) is 26.4 Å². The predicted octanol–water partition coefficient (Wildman–Crippen LogP) is 13.7. The minimum atomic E-state index is -1.65. The van der Waals surface area contributed by atoms with Crippen LogP contribution in [0.1, 0.15) is 50.1 Å². The van der Waals surface area contributed by atoms with Crippen molar-refractivity contribution in [3.8, 4) is 0 Å². The second-order valence-corrected chi connectivity index (χ2v) is 25.0. The summed E-state index contributed by atoms with van der Waals surface area (Å²) in [6.45, 7) is 5.88. The van der Waals surface area contributed by atoms with Gasteiger partial charge >= 0.3 is 0 Å². The van der Waals surface area contributed by atoms with E-state index in [4.69, 9.17) is 71.1 Å². The summed E-state index contributed by atoms with van der Waals surface area (Å²) in [5.41, 5.74) is 8.26. The van der Waals surface area contributed by atoms with Crippen molar-refractivity contribution in [1.82, 2.24) is 0 Å². The maximum Gasteiger partial charge on any atom is 0.187 e. The first-order chi connectivity index (χ1) is 49.5. The summed E-state index contributed by atoms with van der Waals surface area (Å²) in [6, 6.07) is 89.0. The van der Waals surface area contributed by atoms with E-state index in [-0.39, 0.29) is 85.9 Å². The smallest absolute Gasteiger partial charge is 0.187 e. The van der Waals surface area contributed by atoms with Crippen LogP contribution in [0.2, 0.25) is 0 Å². The molecule has 0 amide bonds. The lowest BCUT2D eigenvalue weighted by Gasteiger charge is -2.51. The van der Waals surface area contributed by atoms with E-state index in [1.165, 1.54) is 0 Å². The molecular formula is C84H90O16. The van der Waals surface area contributed by atoms with Gasteiger partial charge in [-0.2, -0.15) is 0 Å². The van der Waals surface area contributed by atoms with Crippen LogP contribution in [0.3, 0.4) is 0 Å². The first kappa shape index (κ1) is 71.9. The molecule has 0 aliphatic carbocycles. The molecule has 0 radical (unpaired) electrons. The Morgan fingerprint density at radius 3 is 0.790 bits per heavy atom. The molecule has 0 unspecified atom stereocenters. The Kier molecular flexibility index (Phi) is 27.9. The van der Waals surface area contributed by atoms with Gasteiger partial charge in [0.2, 0.25) is 0 Å². The highest BCUT2D eigenvalue weighted by Gasteiger charge is 2.57. The molecule has 9 aromatic carbocycles. The first-order valence-electron chi connectivity index (χ1n) is 34.4. The van der Waals surface area contributed by atoms with E-state index in [9.17, 15) is 5.11 Å². The van der Waals surface area contributed by atoms with Crippen LogP contribution in [0.4, 0.5) is 0 Å². The Morgan fingerprint density at radius 1 is 0.260 bits per heavy atom. The Hall–Kier alpha value is -7.92. The molecule has 522 valence electrons. The van der Waals surface area contributed by atoms with E-state index < -0.39 is 92.1 Å². The Balaban J connectivity index is 0.968. The average molecular weight is 1360 g/mol. The number of ether oxygens (including phenoxy) is 15. The third kappa shape index (κ3) is 21.1. The quantitative estimate of drug-likeness (QED) is 0.0366. The van der Waals surface area contributed by atoms with Crippen LogP contribution >= 0.6 is 0 Å². The van der Waals surface area contributed by atoms with E-state index in [1.54, 1.807) is 6.08 Å². The highest BCUT2D eigenvalue weighted by Crippen LogP contribution is 2.39. The van der Waals surface area contributed by atoms with Gasteiger partial charge in [-0.15, -0.1) is 6.58 Å². The van der Waals surface area contributed by atoms with E-state index in [1.807, 2.05) is 273 Å². The molecule has 0 bridgehead atoms. The van der Waals surface area contributed by atoms with Crippen LogP contribution in [0.15, 0.2) is 286 Å². The summed E-state index contributed by atoms with van der Waals surface area (Å²) in [5.74, 6) is 0. The molecule has 3 aliphatic rings. The summed E-state index contributed by atoms with van der Waals surface area (Å²) >= 11 is 0. The van der Waals surface area contributed by atoms with Gasteiger partial charge in [-0.1, -0.05) is 279 Å². The Labute approximate surface area is 587 Å². The molecule has 0 spiro atoms. The minimum absolute atomic E-state index is 0.0311. The van der Waals surface area contributed by atoms with E-state index >= 15 is 0 Å². The summed E-state index contributed by atoms with van der Waals surface area (Å²) in [7, 11) is 0. The second kappa shape index (κ2) is 38.8. The van der Waals surface area contributed by atoms with Crippen LogP contribution in [0, 0.1) is 0 Å². The maximum atomic E-state index is 12.9. The normalized spacial score (nSPS) is 25.3. The van der Waals surface area contributed by atoms with E-state index in [0.29, 0.717) is 0 Å². The topological polar surface area (TPSA) is 159 Å². The third-order valence-electron chi connectivity index (χ3n) is 17.7.